The molecule has 0 aliphatic heterocycles. The van der Waals surface area contributed by atoms with Crippen LogP contribution in [0.3, 0.4) is 0 Å². The molecule has 0 aliphatic rings. The lowest BCUT2D eigenvalue weighted by Crippen LogP contribution is -2.20. The molecule has 1 rings (SSSR count). The molecule has 18 heavy (non-hydrogen) atoms. The quantitative estimate of drug-likeness (QED) is 0.738. The van der Waals surface area contributed by atoms with E-state index in [0.717, 1.165) is 5.25 Å². The molecule has 1 unspecified atom stereocenters. The zero-order valence-corrected chi connectivity index (χ0v) is 14.5. The SMILES string of the molecule is C[S+](C)CC(c1ccc(C(C)(C)C)cc1)[S+](C)C. The fraction of sp³-hybridized carbons (Fsp3) is 0.625. The second-order valence-corrected chi connectivity index (χ2v) is 11.0. The Labute approximate surface area is 119 Å². The predicted octanol–water partition coefficient (Wildman–Crippen LogP) is 3.78. The van der Waals surface area contributed by atoms with Gasteiger partial charge >= 0.3 is 0 Å². The molecule has 0 fully saturated rings. The van der Waals surface area contributed by atoms with Crippen molar-refractivity contribution in [3.8, 4) is 0 Å². The number of rotatable bonds is 4. The first-order valence-corrected chi connectivity index (χ1v) is 10.7. The Balaban J connectivity index is 2.94. The van der Waals surface area contributed by atoms with Gasteiger partial charge in [0.25, 0.3) is 0 Å². The van der Waals surface area contributed by atoms with Gasteiger partial charge in [-0.15, -0.1) is 0 Å². The van der Waals surface area contributed by atoms with Crippen molar-refractivity contribution in [3.05, 3.63) is 35.4 Å². The van der Waals surface area contributed by atoms with Crippen molar-refractivity contribution in [3.63, 3.8) is 0 Å². The third kappa shape index (κ3) is 4.55. The van der Waals surface area contributed by atoms with Gasteiger partial charge in [-0.25, -0.2) is 0 Å². The number of hydrogen-bond donors (Lipinski definition) is 0. The van der Waals surface area contributed by atoms with E-state index in [1.807, 2.05) is 0 Å². The minimum atomic E-state index is 0.258. The van der Waals surface area contributed by atoms with Crippen LogP contribution in [0, 0.1) is 0 Å². The molecule has 0 nitrogen and oxygen atoms in total. The van der Waals surface area contributed by atoms with Crippen molar-refractivity contribution in [2.24, 2.45) is 0 Å². The van der Waals surface area contributed by atoms with Crippen LogP contribution < -0.4 is 0 Å². The highest BCUT2D eigenvalue weighted by molar-refractivity contribution is 7.99. The van der Waals surface area contributed by atoms with Gasteiger partial charge in [0.15, 0.2) is 11.0 Å². The number of hydrogen-bond acceptors (Lipinski definition) is 0. The lowest BCUT2D eigenvalue weighted by Gasteiger charge is -2.20. The van der Waals surface area contributed by atoms with Crippen molar-refractivity contribution in [1.29, 1.82) is 0 Å². The lowest BCUT2D eigenvalue weighted by atomic mass is 9.86. The minimum Gasteiger partial charge on any atom is -0.0580 e. The maximum atomic E-state index is 2.37. The van der Waals surface area contributed by atoms with Crippen molar-refractivity contribution in [1.82, 2.24) is 0 Å². The Morgan fingerprint density at radius 3 is 1.78 bits per heavy atom. The first-order valence-electron chi connectivity index (χ1n) is 6.43. The topological polar surface area (TPSA) is 0 Å². The Bertz CT molecular complexity index is 358. The van der Waals surface area contributed by atoms with E-state index >= 15 is 0 Å². The molecule has 0 heterocycles. The van der Waals surface area contributed by atoms with E-state index in [1.165, 1.54) is 16.9 Å². The molecule has 0 N–H and O–H groups in total. The normalized spacial score (nSPS) is 14.3. The van der Waals surface area contributed by atoms with Gasteiger partial charge in [0.1, 0.15) is 0 Å². The van der Waals surface area contributed by atoms with Crippen LogP contribution in [0.5, 0.6) is 0 Å². The third-order valence-electron chi connectivity index (χ3n) is 3.20. The Hall–Kier alpha value is -0.0800. The van der Waals surface area contributed by atoms with Crippen LogP contribution in [0.15, 0.2) is 24.3 Å². The second kappa shape index (κ2) is 6.38. The standard InChI is InChI=1S/C16H28S2/c1-16(2,3)14-10-8-13(9-11-14)15(18(6)7)12-17(4)5/h8-11,15H,12H2,1-7H3/q+2. The molecule has 1 atom stereocenters. The monoisotopic (exact) mass is 284 g/mol. The van der Waals surface area contributed by atoms with Gasteiger partial charge in [0.05, 0.1) is 25.0 Å². The number of benzene rings is 1. The van der Waals surface area contributed by atoms with Gasteiger partial charge in [-0.1, -0.05) is 45.0 Å². The fourth-order valence-electron chi connectivity index (χ4n) is 2.00. The Morgan fingerprint density at radius 2 is 1.44 bits per heavy atom. The predicted molar refractivity (Wildman–Crippen MR) is 91.2 cm³/mol. The highest BCUT2D eigenvalue weighted by Crippen LogP contribution is 2.27. The van der Waals surface area contributed by atoms with E-state index in [0.29, 0.717) is 21.8 Å². The highest BCUT2D eigenvalue weighted by atomic mass is 32.2. The maximum Gasteiger partial charge on any atom is 0.186 e. The van der Waals surface area contributed by atoms with Crippen molar-refractivity contribution in [2.75, 3.05) is 30.8 Å². The van der Waals surface area contributed by atoms with Gasteiger partial charge in [-0.2, -0.15) is 0 Å². The first-order chi connectivity index (χ1) is 8.21. The van der Waals surface area contributed by atoms with Gasteiger partial charge in [-0.05, 0) is 32.8 Å². The Kier molecular flexibility index (Phi) is 5.67. The van der Waals surface area contributed by atoms with Crippen molar-refractivity contribution >= 4 is 21.8 Å². The van der Waals surface area contributed by atoms with Crippen LogP contribution in [-0.2, 0) is 27.2 Å². The average molecular weight is 285 g/mol. The van der Waals surface area contributed by atoms with Crippen LogP contribution >= 0.6 is 0 Å². The molecule has 0 radical (unpaired) electrons. The summed E-state index contributed by atoms with van der Waals surface area (Å²) >= 11 is 0. The van der Waals surface area contributed by atoms with Gasteiger partial charge in [0.2, 0.25) is 0 Å². The summed E-state index contributed by atoms with van der Waals surface area (Å²) in [7, 11) is 0.972. The van der Waals surface area contributed by atoms with E-state index in [2.05, 4.69) is 70.1 Å². The van der Waals surface area contributed by atoms with Crippen molar-refractivity contribution in [2.45, 2.75) is 31.4 Å². The van der Waals surface area contributed by atoms with Crippen molar-refractivity contribution < 1.29 is 0 Å². The molecule has 0 spiro atoms. The molecular formula is C16H28S2+2. The molecule has 0 saturated heterocycles. The van der Waals surface area contributed by atoms with Crippen LogP contribution in [0.4, 0.5) is 0 Å². The summed E-state index contributed by atoms with van der Waals surface area (Å²) in [6.07, 6.45) is 9.44. The fourth-order valence-corrected chi connectivity index (χ4v) is 5.41. The zero-order chi connectivity index (χ0) is 13.9. The third-order valence-corrected chi connectivity index (χ3v) is 5.99. The molecule has 0 amide bonds. The summed E-state index contributed by atoms with van der Waals surface area (Å²) in [5, 5.41) is 0.734. The van der Waals surface area contributed by atoms with E-state index in [1.54, 1.807) is 0 Å². The van der Waals surface area contributed by atoms with Crippen LogP contribution in [0.2, 0.25) is 0 Å². The first kappa shape index (κ1) is 16.0. The minimum absolute atomic E-state index is 0.258. The zero-order valence-electron chi connectivity index (χ0n) is 12.9. The Morgan fingerprint density at radius 1 is 0.944 bits per heavy atom. The van der Waals surface area contributed by atoms with E-state index in [-0.39, 0.29) is 5.41 Å². The van der Waals surface area contributed by atoms with Crippen LogP contribution in [0.25, 0.3) is 0 Å². The summed E-state index contributed by atoms with van der Waals surface area (Å²) in [5.74, 6) is 1.32. The summed E-state index contributed by atoms with van der Waals surface area (Å²) in [4.78, 5) is 0. The van der Waals surface area contributed by atoms with E-state index < -0.39 is 0 Å². The summed E-state index contributed by atoms with van der Waals surface area (Å²) in [5.41, 5.74) is 3.22. The summed E-state index contributed by atoms with van der Waals surface area (Å²) in [6.45, 7) is 6.83. The van der Waals surface area contributed by atoms with E-state index in [4.69, 9.17) is 0 Å². The molecule has 0 aliphatic carbocycles. The van der Waals surface area contributed by atoms with Gasteiger partial charge < -0.3 is 0 Å². The van der Waals surface area contributed by atoms with Crippen LogP contribution in [0.1, 0.15) is 37.1 Å². The summed E-state index contributed by atoms with van der Waals surface area (Å²) in [6, 6.07) is 9.34. The molecular weight excluding hydrogens is 256 g/mol. The van der Waals surface area contributed by atoms with Gasteiger partial charge in [-0.3, -0.25) is 0 Å². The molecule has 2 heteroatoms. The smallest absolute Gasteiger partial charge is 0.0580 e. The lowest BCUT2D eigenvalue weighted by molar-refractivity contribution is 0.590. The van der Waals surface area contributed by atoms with Crippen LogP contribution in [-0.4, -0.2) is 30.8 Å². The highest BCUT2D eigenvalue weighted by Gasteiger charge is 2.29. The molecule has 1 aromatic rings. The molecule has 1 aromatic carbocycles. The van der Waals surface area contributed by atoms with E-state index in [9.17, 15) is 0 Å². The molecule has 102 valence electrons. The largest absolute Gasteiger partial charge is 0.186 e. The summed E-state index contributed by atoms with van der Waals surface area (Å²) < 4.78 is 0. The average Bonchev–Trinajstić information content (AvgIpc) is 2.24. The van der Waals surface area contributed by atoms with Gasteiger partial charge in [0, 0.05) is 5.56 Å². The molecule has 0 bridgehead atoms. The molecule has 0 aromatic heterocycles. The second-order valence-electron chi connectivity index (χ2n) is 6.39. The maximum absolute atomic E-state index is 2.37. The molecule has 0 saturated carbocycles.